The van der Waals surface area contributed by atoms with Gasteiger partial charge in [0, 0.05) is 13.1 Å². The van der Waals surface area contributed by atoms with E-state index in [9.17, 15) is 0 Å². The zero-order valence-electron chi connectivity index (χ0n) is 8.51. The van der Waals surface area contributed by atoms with E-state index in [2.05, 4.69) is 11.0 Å². The van der Waals surface area contributed by atoms with Gasteiger partial charge in [-0.15, -0.1) is 0 Å². The highest BCUT2D eigenvalue weighted by Crippen LogP contribution is 2.03. The van der Waals surface area contributed by atoms with Crippen LogP contribution in [0, 0.1) is 0 Å². The molecule has 0 fully saturated rings. The van der Waals surface area contributed by atoms with E-state index in [-0.39, 0.29) is 0 Å². The van der Waals surface area contributed by atoms with Crippen LogP contribution in [0.5, 0.6) is 0 Å². The van der Waals surface area contributed by atoms with Gasteiger partial charge in [-0.1, -0.05) is 25.7 Å². The van der Waals surface area contributed by atoms with Crippen LogP contribution < -0.4 is 11.0 Å². The zero-order chi connectivity index (χ0) is 9.78. The van der Waals surface area contributed by atoms with Crippen LogP contribution in [0.3, 0.4) is 0 Å². The molecule has 4 nitrogen and oxygen atoms in total. The number of hydrogen-bond acceptors (Lipinski definition) is 4. The Morgan fingerprint density at radius 1 is 0.923 bits per heavy atom. The highest BCUT2D eigenvalue weighted by Gasteiger charge is 1.90. The summed E-state index contributed by atoms with van der Waals surface area (Å²) in [6, 6.07) is 0. The Bertz CT molecular complexity index is 81.7. The van der Waals surface area contributed by atoms with Crippen molar-refractivity contribution in [2.24, 2.45) is 0 Å². The van der Waals surface area contributed by atoms with E-state index in [4.69, 9.17) is 10.0 Å². The summed E-state index contributed by atoms with van der Waals surface area (Å²) in [5.41, 5.74) is 4.98. The van der Waals surface area contributed by atoms with Gasteiger partial charge in [0.05, 0.1) is 7.11 Å². The third kappa shape index (κ3) is 11.8. The molecular formula is C9H22N2O2. The molecule has 0 unspecified atom stereocenters. The van der Waals surface area contributed by atoms with Crippen LogP contribution in [0.1, 0.15) is 38.5 Å². The topological polar surface area (TPSA) is 53.5 Å². The molecule has 0 saturated heterocycles. The van der Waals surface area contributed by atoms with Gasteiger partial charge >= 0.3 is 0 Å². The minimum absolute atomic E-state index is 0.714. The van der Waals surface area contributed by atoms with Gasteiger partial charge in [-0.25, -0.2) is 11.0 Å². The van der Waals surface area contributed by atoms with Gasteiger partial charge in [-0.2, -0.15) is 0 Å². The quantitative estimate of drug-likeness (QED) is 0.360. The van der Waals surface area contributed by atoms with E-state index < -0.39 is 0 Å². The molecule has 0 aliphatic rings. The fraction of sp³-hybridized carbons (Fsp3) is 1.00. The Morgan fingerprint density at radius 3 is 2.00 bits per heavy atom. The first-order valence-electron chi connectivity index (χ1n) is 5.04. The van der Waals surface area contributed by atoms with Crippen molar-refractivity contribution in [3.05, 3.63) is 0 Å². The van der Waals surface area contributed by atoms with Crippen molar-refractivity contribution >= 4 is 0 Å². The molecule has 0 amide bonds. The largest absolute Gasteiger partial charge is 0.317 e. The Morgan fingerprint density at radius 2 is 1.46 bits per heavy atom. The summed E-state index contributed by atoms with van der Waals surface area (Å²) in [5.74, 6) is 0. The fourth-order valence-electron chi connectivity index (χ4n) is 1.21. The molecule has 0 aliphatic heterocycles. The second kappa shape index (κ2) is 11.8. The van der Waals surface area contributed by atoms with Crippen LogP contribution >= 0.6 is 0 Å². The van der Waals surface area contributed by atoms with Crippen molar-refractivity contribution in [1.29, 1.82) is 0 Å². The zero-order valence-corrected chi connectivity index (χ0v) is 8.51. The lowest BCUT2D eigenvalue weighted by Crippen LogP contribution is -2.12. The molecule has 0 bridgehead atoms. The maximum absolute atomic E-state index is 8.29. The average molecular weight is 190 g/mol. The second-order valence-corrected chi connectivity index (χ2v) is 3.13. The Hall–Kier alpha value is -0.160. The van der Waals surface area contributed by atoms with E-state index in [1.54, 1.807) is 7.11 Å². The number of hydroxylamine groups is 2. The lowest BCUT2D eigenvalue weighted by molar-refractivity contribution is 0.0904. The molecule has 0 heterocycles. The number of rotatable bonds is 10. The highest BCUT2D eigenvalue weighted by atomic mass is 16.6. The Balaban J connectivity index is 2.76. The minimum atomic E-state index is 0.714. The van der Waals surface area contributed by atoms with Crippen molar-refractivity contribution in [2.75, 3.05) is 20.2 Å². The van der Waals surface area contributed by atoms with Crippen molar-refractivity contribution < 1.29 is 10.0 Å². The molecule has 0 aromatic carbocycles. The van der Waals surface area contributed by atoms with Gasteiger partial charge in [0.25, 0.3) is 0 Å². The highest BCUT2D eigenvalue weighted by molar-refractivity contribution is 4.46. The van der Waals surface area contributed by atoms with Crippen molar-refractivity contribution in [2.45, 2.75) is 38.5 Å². The smallest absolute Gasteiger partial charge is 0.0572 e. The summed E-state index contributed by atoms with van der Waals surface area (Å²) in [6.07, 6.45) is 7.22. The molecule has 0 aromatic rings. The number of hydrogen-bond donors (Lipinski definition) is 3. The van der Waals surface area contributed by atoms with E-state index in [0.29, 0.717) is 6.54 Å². The first kappa shape index (κ1) is 12.8. The standard InChI is InChI=1S/C9H22N2O2/c1-13-11-9-7-5-3-2-4-6-8-10-12/h10-12H,2-9H2,1H3. The normalized spacial score (nSPS) is 10.6. The molecule has 0 saturated carbocycles. The summed E-state index contributed by atoms with van der Waals surface area (Å²) in [7, 11) is 1.64. The van der Waals surface area contributed by atoms with Crippen molar-refractivity contribution in [3.63, 3.8) is 0 Å². The van der Waals surface area contributed by atoms with E-state index in [1.807, 2.05) is 0 Å². The van der Waals surface area contributed by atoms with E-state index in [0.717, 1.165) is 13.0 Å². The summed E-state index contributed by atoms with van der Waals surface area (Å²) in [4.78, 5) is 4.72. The first-order valence-corrected chi connectivity index (χ1v) is 5.04. The van der Waals surface area contributed by atoms with Crippen LogP contribution in [-0.2, 0) is 4.84 Å². The predicted octanol–water partition coefficient (Wildman–Crippen LogP) is 1.46. The van der Waals surface area contributed by atoms with Gasteiger partial charge in [-0.05, 0) is 12.8 Å². The summed E-state index contributed by atoms with van der Waals surface area (Å²) in [6.45, 7) is 1.65. The predicted molar refractivity (Wildman–Crippen MR) is 52.5 cm³/mol. The minimum Gasteiger partial charge on any atom is -0.317 e. The molecule has 3 N–H and O–H groups in total. The van der Waals surface area contributed by atoms with Gasteiger partial charge in [0.15, 0.2) is 0 Å². The van der Waals surface area contributed by atoms with E-state index in [1.165, 1.54) is 32.1 Å². The van der Waals surface area contributed by atoms with Crippen LogP contribution in [0.4, 0.5) is 0 Å². The Labute approximate surface area is 80.6 Å². The van der Waals surface area contributed by atoms with Crippen LogP contribution in [0.25, 0.3) is 0 Å². The third-order valence-corrected chi connectivity index (χ3v) is 1.96. The molecule has 0 atom stereocenters. The summed E-state index contributed by atoms with van der Waals surface area (Å²) >= 11 is 0. The number of unbranched alkanes of at least 4 members (excludes halogenated alkanes) is 5. The van der Waals surface area contributed by atoms with Crippen molar-refractivity contribution in [1.82, 2.24) is 11.0 Å². The van der Waals surface area contributed by atoms with Gasteiger partial charge < -0.3 is 10.0 Å². The van der Waals surface area contributed by atoms with Crippen LogP contribution in [0.15, 0.2) is 0 Å². The molecule has 80 valence electrons. The molecule has 0 rings (SSSR count). The van der Waals surface area contributed by atoms with Gasteiger partial charge in [0.1, 0.15) is 0 Å². The molecular weight excluding hydrogens is 168 g/mol. The molecule has 0 aromatic heterocycles. The maximum atomic E-state index is 8.29. The maximum Gasteiger partial charge on any atom is 0.0572 e. The van der Waals surface area contributed by atoms with E-state index >= 15 is 0 Å². The third-order valence-electron chi connectivity index (χ3n) is 1.96. The molecule has 13 heavy (non-hydrogen) atoms. The Kier molecular flexibility index (Phi) is 11.7. The monoisotopic (exact) mass is 190 g/mol. The molecule has 0 radical (unpaired) electrons. The molecule has 0 spiro atoms. The van der Waals surface area contributed by atoms with Crippen LogP contribution in [0.2, 0.25) is 0 Å². The fourth-order valence-corrected chi connectivity index (χ4v) is 1.21. The van der Waals surface area contributed by atoms with Gasteiger partial charge in [-0.3, -0.25) is 0 Å². The van der Waals surface area contributed by atoms with Crippen molar-refractivity contribution in [3.8, 4) is 0 Å². The van der Waals surface area contributed by atoms with Gasteiger partial charge in [0.2, 0.25) is 0 Å². The van der Waals surface area contributed by atoms with Crippen LogP contribution in [-0.4, -0.2) is 25.4 Å². The average Bonchev–Trinajstić information content (AvgIpc) is 2.16. The molecule has 0 aliphatic carbocycles. The lowest BCUT2D eigenvalue weighted by Gasteiger charge is -2.02. The summed E-state index contributed by atoms with van der Waals surface area (Å²) in [5, 5.41) is 8.29. The molecule has 4 heteroatoms. The summed E-state index contributed by atoms with van der Waals surface area (Å²) < 4.78 is 0. The first-order chi connectivity index (χ1) is 6.41. The lowest BCUT2D eigenvalue weighted by atomic mass is 10.1. The second-order valence-electron chi connectivity index (χ2n) is 3.13. The number of nitrogens with one attached hydrogen (secondary N) is 2. The SMILES string of the molecule is CONCCCCCCCCNO.